The van der Waals surface area contributed by atoms with Crippen LogP contribution in [0.15, 0.2) is 212 Å². The van der Waals surface area contributed by atoms with E-state index in [1.165, 1.54) is 48.0 Å². The van der Waals surface area contributed by atoms with Crippen LogP contribution in [0.1, 0.15) is 31.0 Å². The zero-order valence-electron chi connectivity index (χ0n) is 34.1. The maximum absolute atomic E-state index is 5.23. The summed E-state index contributed by atoms with van der Waals surface area (Å²) in [7, 11) is 0. The minimum absolute atomic E-state index is 0.166. The smallest absolute Gasteiger partial charge is 0.164 e. The first-order valence-electron chi connectivity index (χ1n) is 21.4. The number of thiophene rings is 1. The zero-order valence-corrected chi connectivity index (χ0v) is 34.9. The Kier molecular flexibility index (Phi) is 10.0. The molecule has 0 saturated heterocycles. The number of benzene rings is 8. The van der Waals surface area contributed by atoms with Crippen LogP contribution in [0.2, 0.25) is 0 Å². The standard InChI is InChI=1S/C57H42N4S/c1-6-19-39(20-7-1)43-35-44(40-21-8-2-9-22-40)37-47(36-43)61(45-27-14-5-15-28-45)46-33-34-51-53(38-46)62-52-32-18-31-49(54(51)52)48-29-16-17-30-50(48)57-59-55(41-23-10-3-11-24-41)58-56(60-57)42-25-12-4-13-26-42/h1-3,5-12,14-25,27-38,42H,4,13,26H2. The number of hydrogen-bond donors (Lipinski definition) is 0. The van der Waals surface area contributed by atoms with E-state index < -0.39 is 0 Å². The molecular formula is C57H42N4S. The normalized spacial score (nSPS) is 13.7. The first kappa shape index (κ1) is 37.5. The Morgan fingerprint density at radius 1 is 0.435 bits per heavy atom. The Labute approximate surface area is 366 Å². The van der Waals surface area contributed by atoms with E-state index in [0.29, 0.717) is 11.6 Å². The Morgan fingerprint density at radius 3 is 1.73 bits per heavy atom. The van der Waals surface area contributed by atoms with Crippen molar-refractivity contribution in [3.05, 3.63) is 218 Å². The summed E-state index contributed by atoms with van der Waals surface area (Å²) in [5.74, 6) is 2.41. The van der Waals surface area contributed by atoms with Crippen LogP contribution in [0.5, 0.6) is 0 Å². The second-order valence-corrected chi connectivity index (χ2v) is 16.9. The van der Waals surface area contributed by atoms with Gasteiger partial charge in [-0.1, -0.05) is 164 Å². The molecule has 1 atom stereocenters. The maximum Gasteiger partial charge on any atom is 0.164 e. The third kappa shape index (κ3) is 7.27. The number of para-hydroxylation sites is 1. The van der Waals surface area contributed by atoms with Gasteiger partial charge >= 0.3 is 0 Å². The lowest BCUT2D eigenvalue weighted by molar-refractivity contribution is 0.623. The van der Waals surface area contributed by atoms with E-state index in [4.69, 9.17) is 15.0 Å². The van der Waals surface area contributed by atoms with E-state index in [9.17, 15) is 0 Å². The fourth-order valence-electron chi connectivity index (χ4n) is 8.87. The molecule has 0 N–H and O–H groups in total. The van der Waals surface area contributed by atoms with Crippen LogP contribution < -0.4 is 4.90 Å². The van der Waals surface area contributed by atoms with Gasteiger partial charge in [-0.2, -0.15) is 0 Å². The molecule has 0 aliphatic heterocycles. The van der Waals surface area contributed by atoms with Crippen molar-refractivity contribution in [3.8, 4) is 56.2 Å². The van der Waals surface area contributed by atoms with Gasteiger partial charge in [-0.25, -0.2) is 15.0 Å². The summed E-state index contributed by atoms with van der Waals surface area (Å²) in [5.41, 5.74) is 12.3. The third-order valence-electron chi connectivity index (χ3n) is 11.9. The van der Waals surface area contributed by atoms with Gasteiger partial charge in [-0.3, -0.25) is 0 Å². The van der Waals surface area contributed by atoms with Gasteiger partial charge in [-0.05, 0) is 101 Å². The van der Waals surface area contributed by atoms with E-state index in [1.807, 2.05) is 29.5 Å². The van der Waals surface area contributed by atoms with Crippen molar-refractivity contribution < 1.29 is 0 Å². The molecule has 0 fully saturated rings. The van der Waals surface area contributed by atoms with Crippen LogP contribution >= 0.6 is 11.3 Å². The van der Waals surface area contributed by atoms with Crippen LogP contribution in [0, 0.1) is 0 Å². The average Bonchev–Trinajstić information content (AvgIpc) is 3.74. The van der Waals surface area contributed by atoms with E-state index >= 15 is 0 Å². The third-order valence-corrected chi connectivity index (χ3v) is 13.0. The number of anilines is 3. The highest BCUT2D eigenvalue weighted by atomic mass is 32.1. The lowest BCUT2D eigenvalue weighted by Crippen LogP contribution is -2.10. The second kappa shape index (κ2) is 16.5. The molecule has 5 heteroatoms. The number of aromatic nitrogens is 3. The molecule has 8 aromatic carbocycles. The summed E-state index contributed by atoms with van der Waals surface area (Å²) >= 11 is 1.84. The second-order valence-electron chi connectivity index (χ2n) is 15.9. The SMILES string of the molecule is C1=CC(c2nc(-c3ccccc3)nc(-c3ccccc3-c3cccc4sc5cc(N(c6ccccc6)c6cc(-c7ccccc7)cc(-c7ccccc7)c6)ccc5c34)n2)CCC1. The van der Waals surface area contributed by atoms with Crippen molar-refractivity contribution in [2.75, 3.05) is 4.90 Å². The van der Waals surface area contributed by atoms with Gasteiger partial charge in [0.1, 0.15) is 5.82 Å². The Bertz CT molecular complexity index is 3160. The number of fused-ring (bicyclic) bond motifs is 3. The molecule has 1 aliphatic rings. The molecule has 11 rings (SSSR count). The lowest BCUT2D eigenvalue weighted by Gasteiger charge is -2.27. The Balaban J connectivity index is 1.06. The van der Waals surface area contributed by atoms with Crippen LogP contribution in [0.3, 0.4) is 0 Å². The molecule has 2 aromatic heterocycles. The molecule has 10 aromatic rings. The number of rotatable bonds is 9. The highest BCUT2D eigenvalue weighted by molar-refractivity contribution is 7.26. The minimum Gasteiger partial charge on any atom is -0.310 e. The highest BCUT2D eigenvalue weighted by Crippen LogP contribution is 2.46. The van der Waals surface area contributed by atoms with Gasteiger partial charge < -0.3 is 4.90 Å². The fourth-order valence-corrected chi connectivity index (χ4v) is 10.0. The van der Waals surface area contributed by atoms with Crippen molar-refractivity contribution in [1.29, 1.82) is 0 Å². The molecule has 1 unspecified atom stereocenters. The van der Waals surface area contributed by atoms with Gasteiger partial charge in [-0.15, -0.1) is 11.3 Å². The number of hydrogen-bond acceptors (Lipinski definition) is 5. The molecule has 2 heterocycles. The van der Waals surface area contributed by atoms with Crippen molar-refractivity contribution in [3.63, 3.8) is 0 Å². The lowest BCUT2D eigenvalue weighted by atomic mass is 9.94. The zero-order chi connectivity index (χ0) is 41.2. The van der Waals surface area contributed by atoms with Crippen LogP contribution in [0.4, 0.5) is 17.1 Å². The van der Waals surface area contributed by atoms with E-state index in [2.05, 4.69) is 199 Å². The topological polar surface area (TPSA) is 41.9 Å². The molecule has 0 amide bonds. The highest BCUT2D eigenvalue weighted by Gasteiger charge is 2.22. The molecule has 62 heavy (non-hydrogen) atoms. The summed E-state index contributed by atoms with van der Waals surface area (Å²) in [6, 6.07) is 71.5. The fraction of sp³-hybridized carbons (Fsp3) is 0.0702. The van der Waals surface area contributed by atoms with E-state index in [-0.39, 0.29) is 5.92 Å². The molecular weight excluding hydrogens is 773 g/mol. The predicted octanol–water partition coefficient (Wildman–Crippen LogP) is 15.9. The molecule has 1 aliphatic carbocycles. The van der Waals surface area contributed by atoms with Gasteiger partial charge in [0.2, 0.25) is 0 Å². The van der Waals surface area contributed by atoms with E-state index in [0.717, 1.165) is 58.8 Å². The summed E-state index contributed by atoms with van der Waals surface area (Å²) < 4.78 is 2.46. The van der Waals surface area contributed by atoms with E-state index in [1.54, 1.807) is 0 Å². The number of nitrogens with zero attached hydrogens (tertiary/aromatic N) is 4. The van der Waals surface area contributed by atoms with Crippen molar-refractivity contribution in [1.82, 2.24) is 15.0 Å². The summed E-state index contributed by atoms with van der Waals surface area (Å²) in [5, 5.41) is 2.46. The molecule has 0 spiro atoms. The molecule has 4 nitrogen and oxygen atoms in total. The van der Waals surface area contributed by atoms with Crippen LogP contribution in [-0.2, 0) is 0 Å². The van der Waals surface area contributed by atoms with Crippen molar-refractivity contribution in [2.45, 2.75) is 25.2 Å². The molecule has 296 valence electrons. The predicted molar refractivity (Wildman–Crippen MR) is 260 cm³/mol. The van der Waals surface area contributed by atoms with Crippen LogP contribution in [0.25, 0.3) is 76.3 Å². The Morgan fingerprint density at radius 2 is 1.05 bits per heavy atom. The van der Waals surface area contributed by atoms with Gasteiger partial charge in [0.15, 0.2) is 11.6 Å². The summed E-state index contributed by atoms with van der Waals surface area (Å²) in [6.45, 7) is 0. The number of allylic oxidation sites excluding steroid dienone is 2. The quantitative estimate of drug-likeness (QED) is 0.136. The molecule has 0 bridgehead atoms. The Hall–Kier alpha value is -7.47. The van der Waals surface area contributed by atoms with Crippen molar-refractivity contribution >= 4 is 48.6 Å². The van der Waals surface area contributed by atoms with Crippen molar-refractivity contribution in [2.24, 2.45) is 0 Å². The monoisotopic (exact) mass is 814 g/mol. The largest absolute Gasteiger partial charge is 0.310 e. The van der Waals surface area contributed by atoms with Crippen LogP contribution in [-0.4, -0.2) is 15.0 Å². The van der Waals surface area contributed by atoms with Gasteiger partial charge in [0.05, 0.1) is 0 Å². The summed E-state index contributed by atoms with van der Waals surface area (Å²) in [6.07, 6.45) is 7.81. The minimum atomic E-state index is 0.166. The average molecular weight is 815 g/mol. The maximum atomic E-state index is 5.23. The summed E-state index contributed by atoms with van der Waals surface area (Å²) in [4.78, 5) is 17.9. The first-order valence-corrected chi connectivity index (χ1v) is 22.2. The molecule has 0 saturated carbocycles. The molecule has 0 radical (unpaired) electrons. The first-order chi connectivity index (χ1) is 30.7. The van der Waals surface area contributed by atoms with Gasteiger partial charge in [0, 0.05) is 54.3 Å². The van der Waals surface area contributed by atoms with Gasteiger partial charge in [0.25, 0.3) is 0 Å².